The molecule has 88 valence electrons. The highest BCUT2D eigenvalue weighted by Gasteiger charge is 2.46. The zero-order valence-corrected chi connectivity index (χ0v) is 10.6. The molecule has 0 radical (unpaired) electrons. The number of nitrogens with one attached hydrogen (secondary N) is 1. The third-order valence-electron chi connectivity index (χ3n) is 4.42. The first kappa shape index (κ1) is 11.4. The van der Waals surface area contributed by atoms with Crippen LogP contribution in [-0.4, -0.2) is 37.1 Å². The van der Waals surface area contributed by atoms with E-state index in [-0.39, 0.29) is 0 Å². The first-order chi connectivity index (χ1) is 7.16. The van der Waals surface area contributed by atoms with Crippen LogP contribution >= 0.6 is 0 Å². The van der Waals surface area contributed by atoms with E-state index in [9.17, 15) is 0 Å². The molecule has 1 heterocycles. The highest BCUT2D eigenvalue weighted by molar-refractivity contribution is 4.99. The zero-order chi connectivity index (χ0) is 10.9. The molecule has 1 saturated carbocycles. The molecule has 1 saturated heterocycles. The minimum atomic E-state index is 0.696. The van der Waals surface area contributed by atoms with Gasteiger partial charge in [0, 0.05) is 19.1 Å². The van der Waals surface area contributed by atoms with Crippen molar-refractivity contribution in [2.24, 2.45) is 11.3 Å². The molecule has 0 aromatic rings. The second-order valence-electron chi connectivity index (χ2n) is 5.80. The van der Waals surface area contributed by atoms with Crippen molar-refractivity contribution in [2.45, 2.75) is 46.1 Å². The second-order valence-corrected chi connectivity index (χ2v) is 5.80. The monoisotopic (exact) mass is 210 g/mol. The van der Waals surface area contributed by atoms with Crippen molar-refractivity contribution in [3.05, 3.63) is 0 Å². The Balaban J connectivity index is 1.77. The maximum atomic E-state index is 3.57. The van der Waals surface area contributed by atoms with Crippen LogP contribution in [0.15, 0.2) is 0 Å². The predicted molar refractivity (Wildman–Crippen MR) is 65.0 cm³/mol. The van der Waals surface area contributed by atoms with Crippen LogP contribution in [-0.2, 0) is 0 Å². The first-order valence-corrected chi connectivity index (χ1v) is 6.62. The maximum Gasteiger partial charge on any atom is 0.0207 e. The van der Waals surface area contributed by atoms with Gasteiger partial charge in [0.25, 0.3) is 0 Å². The average Bonchev–Trinajstić information content (AvgIpc) is 2.83. The Morgan fingerprint density at radius 1 is 1.40 bits per heavy atom. The summed E-state index contributed by atoms with van der Waals surface area (Å²) in [6, 6.07) is 0.762. The van der Waals surface area contributed by atoms with E-state index in [0.29, 0.717) is 5.41 Å². The van der Waals surface area contributed by atoms with Crippen molar-refractivity contribution < 1.29 is 0 Å². The largest absolute Gasteiger partial charge is 0.313 e. The number of likely N-dealkylation sites (N-methyl/N-ethyl adjacent to an activating group) is 1. The summed E-state index contributed by atoms with van der Waals surface area (Å²) >= 11 is 0. The van der Waals surface area contributed by atoms with E-state index in [0.717, 1.165) is 18.5 Å². The van der Waals surface area contributed by atoms with E-state index in [4.69, 9.17) is 0 Å². The van der Waals surface area contributed by atoms with E-state index in [1.807, 2.05) is 0 Å². The van der Waals surface area contributed by atoms with Crippen LogP contribution in [0.3, 0.4) is 0 Å². The quantitative estimate of drug-likeness (QED) is 0.747. The van der Waals surface area contributed by atoms with Gasteiger partial charge in [0.1, 0.15) is 0 Å². The van der Waals surface area contributed by atoms with Crippen molar-refractivity contribution in [3.8, 4) is 0 Å². The molecule has 2 heteroatoms. The third kappa shape index (κ3) is 2.54. The molecule has 1 atom stereocenters. The van der Waals surface area contributed by atoms with Crippen LogP contribution in [0.4, 0.5) is 0 Å². The van der Waals surface area contributed by atoms with Gasteiger partial charge in [0.2, 0.25) is 0 Å². The van der Waals surface area contributed by atoms with Gasteiger partial charge >= 0.3 is 0 Å². The minimum Gasteiger partial charge on any atom is -0.313 e. The summed E-state index contributed by atoms with van der Waals surface area (Å²) < 4.78 is 0. The molecule has 0 spiro atoms. The molecule has 1 aliphatic carbocycles. The number of rotatable bonds is 5. The molecular formula is C13H26N2. The summed E-state index contributed by atoms with van der Waals surface area (Å²) in [4.78, 5) is 2.68. The van der Waals surface area contributed by atoms with Crippen molar-refractivity contribution in [3.63, 3.8) is 0 Å². The topological polar surface area (TPSA) is 15.3 Å². The summed E-state index contributed by atoms with van der Waals surface area (Å²) in [5.74, 6) is 0.871. The van der Waals surface area contributed by atoms with E-state index in [1.54, 1.807) is 0 Å². The Labute approximate surface area is 94.4 Å². The van der Waals surface area contributed by atoms with Gasteiger partial charge in [-0.15, -0.1) is 0 Å². The number of likely N-dealkylation sites (tertiary alicyclic amines) is 1. The molecule has 0 amide bonds. The van der Waals surface area contributed by atoms with Gasteiger partial charge in [-0.3, -0.25) is 0 Å². The van der Waals surface area contributed by atoms with Crippen LogP contribution in [0, 0.1) is 11.3 Å². The van der Waals surface area contributed by atoms with E-state index < -0.39 is 0 Å². The van der Waals surface area contributed by atoms with Gasteiger partial charge in [0.05, 0.1) is 0 Å². The Kier molecular flexibility index (Phi) is 3.36. The molecule has 1 aliphatic heterocycles. The first-order valence-electron chi connectivity index (χ1n) is 6.62. The lowest BCUT2D eigenvalue weighted by molar-refractivity contribution is 0.214. The van der Waals surface area contributed by atoms with Gasteiger partial charge in [-0.1, -0.05) is 20.8 Å². The standard InChI is InChI=1S/C13H26N2/c1-4-14-12-5-8-15(9-12)10-13(6-7-13)11(2)3/h11-12,14H,4-10H2,1-3H3. The molecule has 0 bridgehead atoms. The molecule has 1 unspecified atom stereocenters. The number of hydrogen-bond donors (Lipinski definition) is 1. The Morgan fingerprint density at radius 3 is 2.67 bits per heavy atom. The van der Waals surface area contributed by atoms with Crippen LogP contribution in [0.1, 0.15) is 40.0 Å². The van der Waals surface area contributed by atoms with Crippen LogP contribution < -0.4 is 5.32 Å². The SMILES string of the molecule is CCNC1CCN(CC2(C(C)C)CC2)C1. The Bertz CT molecular complexity index is 209. The fourth-order valence-electron chi connectivity index (χ4n) is 2.96. The van der Waals surface area contributed by atoms with Gasteiger partial charge in [-0.2, -0.15) is 0 Å². The van der Waals surface area contributed by atoms with Gasteiger partial charge in [-0.05, 0) is 43.7 Å². The van der Waals surface area contributed by atoms with Crippen LogP contribution in [0.5, 0.6) is 0 Å². The van der Waals surface area contributed by atoms with Crippen LogP contribution in [0.25, 0.3) is 0 Å². The fraction of sp³-hybridized carbons (Fsp3) is 1.00. The van der Waals surface area contributed by atoms with E-state index in [2.05, 4.69) is 31.0 Å². The second kappa shape index (κ2) is 4.42. The average molecular weight is 210 g/mol. The Hall–Kier alpha value is -0.0800. The molecule has 2 fully saturated rings. The molecule has 2 aliphatic rings. The smallest absolute Gasteiger partial charge is 0.0207 e. The van der Waals surface area contributed by atoms with Crippen molar-refractivity contribution in [2.75, 3.05) is 26.2 Å². The molecule has 1 N–H and O–H groups in total. The van der Waals surface area contributed by atoms with Crippen LogP contribution in [0.2, 0.25) is 0 Å². The van der Waals surface area contributed by atoms with Crippen molar-refractivity contribution in [1.29, 1.82) is 0 Å². The summed E-state index contributed by atoms with van der Waals surface area (Å²) in [5, 5.41) is 3.57. The lowest BCUT2D eigenvalue weighted by Crippen LogP contribution is -2.35. The van der Waals surface area contributed by atoms with Gasteiger partial charge < -0.3 is 10.2 Å². The Morgan fingerprint density at radius 2 is 2.13 bits per heavy atom. The lowest BCUT2D eigenvalue weighted by atomic mass is 9.92. The van der Waals surface area contributed by atoms with Crippen molar-refractivity contribution in [1.82, 2.24) is 10.2 Å². The maximum absolute atomic E-state index is 3.57. The van der Waals surface area contributed by atoms with Crippen molar-refractivity contribution >= 4 is 0 Å². The van der Waals surface area contributed by atoms with E-state index >= 15 is 0 Å². The molecule has 0 aromatic heterocycles. The third-order valence-corrected chi connectivity index (χ3v) is 4.42. The molecule has 2 rings (SSSR count). The summed E-state index contributed by atoms with van der Waals surface area (Å²) in [5.41, 5.74) is 0.696. The lowest BCUT2D eigenvalue weighted by Gasteiger charge is -2.26. The molecule has 0 aromatic carbocycles. The highest BCUT2D eigenvalue weighted by atomic mass is 15.2. The zero-order valence-electron chi connectivity index (χ0n) is 10.6. The van der Waals surface area contributed by atoms with Gasteiger partial charge in [-0.25, -0.2) is 0 Å². The van der Waals surface area contributed by atoms with E-state index in [1.165, 1.54) is 38.9 Å². The number of hydrogen-bond acceptors (Lipinski definition) is 2. The molecular weight excluding hydrogens is 184 g/mol. The minimum absolute atomic E-state index is 0.696. The summed E-state index contributed by atoms with van der Waals surface area (Å²) in [6.07, 6.45) is 4.28. The summed E-state index contributed by atoms with van der Waals surface area (Å²) in [7, 11) is 0. The fourth-order valence-corrected chi connectivity index (χ4v) is 2.96. The predicted octanol–water partition coefficient (Wildman–Crippen LogP) is 2.11. The highest BCUT2D eigenvalue weighted by Crippen LogP contribution is 2.52. The molecule has 15 heavy (non-hydrogen) atoms. The van der Waals surface area contributed by atoms with Gasteiger partial charge in [0.15, 0.2) is 0 Å². The number of nitrogens with zero attached hydrogens (tertiary/aromatic N) is 1. The molecule has 2 nitrogen and oxygen atoms in total. The normalized spacial score (nSPS) is 30.0. The summed E-state index contributed by atoms with van der Waals surface area (Å²) in [6.45, 7) is 12.1.